The van der Waals surface area contributed by atoms with Crippen molar-refractivity contribution in [3.8, 4) is 17.1 Å². The van der Waals surface area contributed by atoms with Crippen LogP contribution in [0.4, 0.5) is 0 Å². The lowest BCUT2D eigenvalue weighted by atomic mass is 10.2. The van der Waals surface area contributed by atoms with Crippen LogP contribution >= 0.6 is 34.2 Å². The molecule has 0 unspecified atom stereocenters. The zero-order valence-electron chi connectivity index (χ0n) is 13.6. The molecule has 0 aliphatic rings. The maximum atomic E-state index is 6.21. The summed E-state index contributed by atoms with van der Waals surface area (Å²) in [5, 5.41) is 0.432. The van der Waals surface area contributed by atoms with E-state index in [1.807, 2.05) is 54.6 Å². The minimum atomic E-state index is 0.395. The molecular weight excluding hydrogens is 451 g/mol. The lowest BCUT2D eigenvalue weighted by molar-refractivity contribution is 0.181. The van der Waals surface area contributed by atoms with Gasteiger partial charge in [-0.1, -0.05) is 41.9 Å². The van der Waals surface area contributed by atoms with Crippen molar-refractivity contribution in [1.29, 1.82) is 0 Å². The minimum absolute atomic E-state index is 0.395. The Bertz CT molecular complexity index is 842. The van der Waals surface area contributed by atoms with E-state index in [0.29, 0.717) is 24.2 Å². The van der Waals surface area contributed by atoms with Gasteiger partial charge in [-0.15, -0.1) is 0 Å². The van der Waals surface area contributed by atoms with Gasteiger partial charge in [0.2, 0.25) is 0 Å². The molecule has 6 heteroatoms. The van der Waals surface area contributed by atoms with Crippen LogP contribution in [0.5, 0.6) is 5.75 Å². The third-order valence-corrected chi connectivity index (χ3v) is 5.25. The number of methoxy groups -OCH3 is 1. The van der Waals surface area contributed by atoms with E-state index in [9.17, 15) is 0 Å². The Labute approximate surface area is 165 Å². The minimum Gasteiger partial charge on any atom is -0.489 e. The Morgan fingerprint density at radius 3 is 2.36 bits per heavy atom. The average molecular weight is 467 g/mol. The van der Waals surface area contributed by atoms with Gasteiger partial charge in [0.15, 0.2) is 5.82 Å². The van der Waals surface area contributed by atoms with E-state index in [-0.39, 0.29) is 0 Å². The second-order valence-corrected chi connectivity index (χ2v) is 6.77. The molecule has 0 saturated heterocycles. The van der Waals surface area contributed by atoms with Crippen LogP contribution in [0.15, 0.2) is 54.6 Å². The lowest BCUT2D eigenvalue weighted by Gasteiger charge is -2.09. The van der Waals surface area contributed by atoms with Crippen LogP contribution in [-0.2, 0) is 18.0 Å². The summed E-state index contributed by atoms with van der Waals surface area (Å²) >= 11 is 8.34. The average Bonchev–Trinajstić information content (AvgIpc) is 2.65. The molecule has 128 valence electrons. The first-order valence-corrected chi connectivity index (χ1v) is 9.11. The number of benzene rings is 2. The molecule has 0 radical (unpaired) electrons. The van der Waals surface area contributed by atoms with Crippen LogP contribution in [0.2, 0.25) is 5.15 Å². The zero-order chi connectivity index (χ0) is 17.6. The number of hydrogen-bond acceptors (Lipinski definition) is 4. The molecule has 0 bridgehead atoms. The Morgan fingerprint density at radius 2 is 1.68 bits per heavy atom. The predicted octanol–water partition coefficient (Wildman–Crippen LogP) is 5.13. The Kier molecular flexibility index (Phi) is 6.23. The number of nitrogens with zero attached hydrogens (tertiary/aromatic N) is 2. The SMILES string of the molecule is COCc1nc(-c2ccc(OCc3ccccc3)cc2)nc(Cl)c1I. The molecule has 4 nitrogen and oxygen atoms in total. The molecule has 25 heavy (non-hydrogen) atoms. The molecule has 0 spiro atoms. The highest BCUT2D eigenvalue weighted by molar-refractivity contribution is 14.1. The van der Waals surface area contributed by atoms with Crippen molar-refractivity contribution >= 4 is 34.2 Å². The molecular formula is C19H16ClIN2O2. The molecule has 0 saturated carbocycles. The molecule has 2 aromatic carbocycles. The number of rotatable bonds is 6. The molecule has 0 N–H and O–H groups in total. The van der Waals surface area contributed by atoms with Crippen LogP contribution in [0.3, 0.4) is 0 Å². The topological polar surface area (TPSA) is 44.2 Å². The van der Waals surface area contributed by atoms with Crippen molar-refractivity contribution in [1.82, 2.24) is 9.97 Å². The van der Waals surface area contributed by atoms with Gasteiger partial charge in [0.05, 0.1) is 15.9 Å². The van der Waals surface area contributed by atoms with Crippen molar-refractivity contribution < 1.29 is 9.47 Å². The molecule has 1 heterocycles. The normalized spacial score (nSPS) is 10.7. The first kappa shape index (κ1) is 18.1. The number of hydrogen-bond donors (Lipinski definition) is 0. The fourth-order valence-corrected chi connectivity index (χ4v) is 2.85. The molecule has 0 aliphatic carbocycles. The summed E-state index contributed by atoms with van der Waals surface area (Å²) in [7, 11) is 1.63. The maximum Gasteiger partial charge on any atom is 0.161 e. The van der Waals surface area contributed by atoms with Crippen molar-refractivity contribution in [2.45, 2.75) is 13.2 Å². The monoisotopic (exact) mass is 466 g/mol. The summed E-state index contributed by atoms with van der Waals surface area (Å²) in [4.78, 5) is 8.91. The Hall–Kier alpha value is -1.70. The Balaban J connectivity index is 1.76. The van der Waals surface area contributed by atoms with Crippen molar-refractivity contribution in [2.24, 2.45) is 0 Å². The van der Waals surface area contributed by atoms with Crippen LogP contribution < -0.4 is 4.74 Å². The zero-order valence-corrected chi connectivity index (χ0v) is 16.5. The van der Waals surface area contributed by atoms with Crippen LogP contribution in [0.1, 0.15) is 11.3 Å². The van der Waals surface area contributed by atoms with Gasteiger partial charge in [-0.2, -0.15) is 0 Å². The highest BCUT2D eigenvalue weighted by atomic mass is 127. The van der Waals surface area contributed by atoms with E-state index >= 15 is 0 Å². The quantitative estimate of drug-likeness (QED) is 0.373. The first-order valence-electron chi connectivity index (χ1n) is 7.65. The molecule has 0 aliphatic heterocycles. The molecule has 0 amide bonds. The summed E-state index contributed by atoms with van der Waals surface area (Å²) in [5.41, 5.74) is 2.79. The number of aromatic nitrogens is 2. The fraction of sp³-hybridized carbons (Fsp3) is 0.158. The predicted molar refractivity (Wildman–Crippen MR) is 107 cm³/mol. The summed E-state index contributed by atoms with van der Waals surface area (Å²) in [6, 6.07) is 17.7. The third-order valence-electron chi connectivity index (χ3n) is 3.52. The van der Waals surface area contributed by atoms with Gasteiger partial charge in [0.1, 0.15) is 17.5 Å². The van der Waals surface area contributed by atoms with E-state index in [4.69, 9.17) is 21.1 Å². The second kappa shape index (κ2) is 8.60. The van der Waals surface area contributed by atoms with Crippen molar-refractivity contribution in [2.75, 3.05) is 7.11 Å². The molecule has 3 rings (SSSR count). The van der Waals surface area contributed by atoms with Gasteiger partial charge in [-0.3, -0.25) is 0 Å². The van der Waals surface area contributed by atoms with E-state index < -0.39 is 0 Å². The van der Waals surface area contributed by atoms with Crippen LogP contribution in [-0.4, -0.2) is 17.1 Å². The van der Waals surface area contributed by atoms with Crippen LogP contribution in [0.25, 0.3) is 11.4 Å². The molecule has 0 atom stereocenters. The standard InChI is InChI=1S/C19H16ClIN2O2/c1-24-12-16-17(21)18(20)23-19(22-16)14-7-9-15(10-8-14)25-11-13-5-3-2-4-6-13/h2-10H,11-12H2,1H3. The second-order valence-electron chi connectivity index (χ2n) is 5.33. The summed E-state index contributed by atoms with van der Waals surface area (Å²) in [6.07, 6.45) is 0. The van der Waals surface area contributed by atoms with Gasteiger partial charge >= 0.3 is 0 Å². The van der Waals surface area contributed by atoms with Crippen molar-refractivity contribution in [3.63, 3.8) is 0 Å². The van der Waals surface area contributed by atoms with Gasteiger partial charge in [-0.05, 0) is 52.4 Å². The number of ether oxygens (including phenoxy) is 2. The molecule has 3 aromatic rings. The summed E-state index contributed by atoms with van der Waals surface area (Å²) in [5.74, 6) is 1.37. The van der Waals surface area contributed by atoms with Gasteiger partial charge in [0, 0.05) is 12.7 Å². The lowest BCUT2D eigenvalue weighted by Crippen LogP contribution is -2.02. The first-order chi connectivity index (χ1) is 12.2. The highest BCUT2D eigenvalue weighted by Gasteiger charge is 2.12. The summed E-state index contributed by atoms with van der Waals surface area (Å²) < 4.78 is 11.8. The van der Waals surface area contributed by atoms with Gasteiger partial charge in [-0.25, -0.2) is 9.97 Å². The van der Waals surface area contributed by atoms with E-state index in [1.54, 1.807) is 7.11 Å². The number of halogens is 2. The Morgan fingerprint density at radius 1 is 0.960 bits per heavy atom. The fourth-order valence-electron chi connectivity index (χ4n) is 2.27. The maximum absolute atomic E-state index is 6.21. The van der Waals surface area contributed by atoms with Gasteiger partial charge in [0.25, 0.3) is 0 Å². The smallest absolute Gasteiger partial charge is 0.161 e. The van der Waals surface area contributed by atoms with E-state index in [0.717, 1.165) is 26.1 Å². The van der Waals surface area contributed by atoms with Gasteiger partial charge < -0.3 is 9.47 Å². The summed E-state index contributed by atoms with van der Waals surface area (Å²) in [6.45, 7) is 0.926. The highest BCUT2D eigenvalue weighted by Crippen LogP contribution is 2.26. The molecule has 1 aromatic heterocycles. The van der Waals surface area contributed by atoms with Crippen molar-refractivity contribution in [3.05, 3.63) is 74.6 Å². The largest absolute Gasteiger partial charge is 0.489 e. The molecule has 0 fully saturated rings. The van der Waals surface area contributed by atoms with E-state index in [2.05, 4.69) is 32.6 Å². The third kappa shape index (κ3) is 4.68. The van der Waals surface area contributed by atoms with E-state index in [1.165, 1.54) is 0 Å². The van der Waals surface area contributed by atoms with Crippen LogP contribution in [0, 0.1) is 3.57 Å².